The molecule has 1 heterocycles. The summed E-state index contributed by atoms with van der Waals surface area (Å²) in [6, 6.07) is 5.66. The van der Waals surface area contributed by atoms with Crippen LogP contribution in [0.15, 0.2) is 34.9 Å². The summed E-state index contributed by atoms with van der Waals surface area (Å²) in [6.07, 6.45) is 1.48. The molecule has 0 bridgehead atoms. The van der Waals surface area contributed by atoms with E-state index in [9.17, 15) is 13.6 Å². The van der Waals surface area contributed by atoms with Gasteiger partial charge in [-0.3, -0.25) is 0 Å². The average Bonchev–Trinajstić information content (AvgIpc) is 2.84. The van der Waals surface area contributed by atoms with Gasteiger partial charge in [-0.25, -0.2) is 13.6 Å². The third-order valence-corrected chi connectivity index (χ3v) is 2.68. The first-order chi connectivity index (χ1) is 9.00. The van der Waals surface area contributed by atoms with Gasteiger partial charge >= 0.3 is 5.97 Å². The van der Waals surface area contributed by atoms with Crippen LogP contribution in [0.1, 0.15) is 16.1 Å². The monoisotopic (exact) mass is 267 g/mol. The molecule has 0 aliphatic rings. The Morgan fingerprint density at radius 1 is 1.32 bits per heavy atom. The number of rotatable bonds is 4. The van der Waals surface area contributed by atoms with Crippen molar-refractivity contribution < 1.29 is 23.1 Å². The maximum absolute atomic E-state index is 13.8. The second kappa shape index (κ2) is 5.09. The number of hydrogen-bond donors (Lipinski definition) is 1. The number of nitrogens with zero attached hydrogens (tertiary/aromatic N) is 1. The minimum atomic E-state index is -1.50. The van der Waals surface area contributed by atoms with E-state index >= 15 is 0 Å². The first-order valence-electron chi connectivity index (χ1n) is 5.45. The largest absolute Gasteiger partial charge is 0.478 e. The molecule has 19 heavy (non-hydrogen) atoms. The average molecular weight is 267 g/mol. The maximum atomic E-state index is 13.8. The van der Waals surface area contributed by atoms with Crippen molar-refractivity contribution in [1.29, 1.82) is 0 Å². The third kappa shape index (κ3) is 2.57. The zero-order valence-corrected chi connectivity index (χ0v) is 10.1. The van der Waals surface area contributed by atoms with Crippen molar-refractivity contribution in [3.05, 3.63) is 53.5 Å². The van der Waals surface area contributed by atoms with Crippen LogP contribution >= 0.6 is 0 Å². The highest BCUT2D eigenvalue weighted by atomic mass is 19.2. The van der Waals surface area contributed by atoms with Crippen molar-refractivity contribution in [2.75, 3.05) is 11.9 Å². The number of carboxylic acid groups (broad SMARTS) is 1. The van der Waals surface area contributed by atoms with E-state index in [0.717, 1.165) is 6.07 Å². The molecule has 0 aliphatic heterocycles. The fourth-order valence-corrected chi connectivity index (χ4v) is 1.72. The van der Waals surface area contributed by atoms with Gasteiger partial charge in [0, 0.05) is 7.05 Å². The fraction of sp³-hybridized carbons (Fsp3) is 0.154. The lowest BCUT2D eigenvalue weighted by atomic mass is 10.1. The van der Waals surface area contributed by atoms with Crippen LogP contribution in [0.25, 0.3) is 0 Å². The van der Waals surface area contributed by atoms with Crippen molar-refractivity contribution in [2.45, 2.75) is 6.54 Å². The van der Waals surface area contributed by atoms with Crippen molar-refractivity contribution >= 4 is 11.7 Å². The van der Waals surface area contributed by atoms with Crippen LogP contribution in [0.4, 0.5) is 14.5 Å². The van der Waals surface area contributed by atoms with Crippen molar-refractivity contribution in [3.8, 4) is 0 Å². The summed E-state index contributed by atoms with van der Waals surface area (Å²) in [5.74, 6) is -3.47. The number of carboxylic acids is 1. The van der Waals surface area contributed by atoms with Crippen LogP contribution in [0.5, 0.6) is 0 Å². The molecule has 0 radical (unpaired) electrons. The molecule has 0 unspecified atom stereocenters. The van der Waals surface area contributed by atoms with Gasteiger partial charge in [-0.15, -0.1) is 0 Å². The van der Waals surface area contributed by atoms with Gasteiger partial charge in [0.25, 0.3) is 0 Å². The minimum Gasteiger partial charge on any atom is -0.478 e. The van der Waals surface area contributed by atoms with Crippen LogP contribution in [0.2, 0.25) is 0 Å². The molecule has 0 amide bonds. The van der Waals surface area contributed by atoms with Crippen molar-refractivity contribution in [3.63, 3.8) is 0 Å². The van der Waals surface area contributed by atoms with Crippen molar-refractivity contribution in [2.24, 2.45) is 0 Å². The molecule has 1 aromatic heterocycles. The summed E-state index contributed by atoms with van der Waals surface area (Å²) in [4.78, 5) is 12.1. The summed E-state index contributed by atoms with van der Waals surface area (Å²) in [5.41, 5.74) is -0.716. The first-order valence-corrected chi connectivity index (χ1v) is 5.45. The van der Waals surface area contributed by atoms with E-state index in [2.05, 4.69) is 0 Å². The molecular weight excluding hydrogens is 256 g/mol. The summed E-state index contributed by atoms with van der Waals surface area (Å²) in [5, 5.41) is 8.69. The zero-order chi connectivity index (χ0) is 14.0. The Morgan fingerprint density at radius 2 is 2.05 bits per heavy atom. The van der Waals surface area contributed by atoms with Crippen LogP contribution in [-0.4, -0.2) is 18.1 Å². The Morgan fingerprint density at radius 3 is 2.63 bits per heavy atom. The van der Waals surface area contributed by atoms with Gasteiger partial charge in [0.15, 0.2) is 11.6 Å². The second-order valence-corrected chi connectivity index (χ2v) is 4.00. The molecular formula is C13H11F2NO3. The van der Waals surface area contributed by atoms with E-state index < -0.39 is 23.2 Å². The Labute approximate surface area is 107 Å². The highest BCUT2D eigenvalue weighted by Gasteiger charge is 2.20. The Bertz CT molecular complexity index is 596. The summed E-state index contributed by atoms with van der Waals surface area (Å²) < 4.78 is 32.4. The molecule has 1 aromatic carbocycles. The SMILES string of the molecule is CN(Cc1ccco1)c1ccc(C(=O)O)c(F)c1F. The third-order valence-electron chi connectivity index (χ3n) is 2.68. The van der Waals surface area contributed by atoms with Gasteiger partial charge in [0.05, 0.1) is 24.1 Å². The molecule has 0 aliphatic carbocycles. The second-order valence-electron chi connectivity index (χ2n) is 4.00. The lowest BCUT2D eigenvalue weighted by molar-refractivity contribution is 0.0690. The standard InChI is InChI=1S/C13H11F2NO3/c1-16(7-8-3-2-6-19-8)10-5-4-9(13(17)18)11(14)12(10)15/h2-6H,7H2,1H3,(H,17,18). The van der Waals surface area contributed by atoms with E-state index in [1.165, 1.54) is 17.2 Å². The highest BCUT2D eigenvalue weighted by molar-refractivity contribution is 5.88. The number of benzene rings is 1. The lowest BCUT2D eigenvalue weighted by Gasteiger charge is -2.19. The molecule has 2 aromatic rings. The number of anilines is 1. The molecule has 1 N–H and O–H groups in total. The number of aromatic carboxylic acids is 1. The van der Waals surface area contributed by atoms with Crippen LogP contribution in [0, 0.1) is 11.6 Å². The van der Waals surface area contributed by atoms with Gasteiger partial charge in [-0.1, -0.05) is 0 Å². The molecule has 2 rings (SSSR count). The molecule has 6 heteroatoms. The number of carbonyl (C=O) groups is 1. The Balaban J connectivity index is 2.30. The topological polar surface area (TPSA) is 53.7 Å². The molecule has 0 saturated carbocycles. The molecule has 0 saturated heterocycles. The predicted molar refractivity (Wildman–Crippen MR) is 64.1 cm³/mol. The molecule has 100 valence electrons. The summed E-state index contributed by atoms with van der Waals surface area (Å²) >= 11 is 0. The molecule has 4 nitrogen and oxygen atoms in total. The number of halogens is 2. The van der Waals surface area contributed by atoms with Gasteiger partial charge in [-0.05, 0) is 24.3 Å². The van der Waals surface area contributed by atoms with Crippen LogP contribution in [-0.2, 0) is 6.54 Å². The summed E-state index contributed by atoms with van der Waals surface area (Å²) in [6.45, 7) is 0.246. The quantitative estimate of drug-likeness (QED) is 0.925. The minimum absolute atomic E-state index is 0.0288. The highest BCUT2D eigenvalue weighted by Crippen LogP contribution is 2.24. The maximum Gasteiger partial charge on any atom is 0.338 e. The van der Waals surface area contributed by atoms with E-state index in [1.807, 2.05) is 0 Å². The van der Waals surface area contributed by atoms with Crippen LogP contribution in [0.3, 0.4) is 0 Å². The summed E-state index contributed by atoms with van der Waals surface area (Å²) in [7, 11) is 1.56. The number of furan rings is 1. The van der Waals surface area contributed by atoms with E-state index in [1.54, 1.807) is 19.2 Å². The van der Waals surface area contributed by atoms with Gasteiger partial charge in [-0.2, -0.15) is 0 Å². The van der Waals surface area contributed by atoms with E-state index in [4.69, 9.17) is 9.52 Å². The van der Waals surface area contributed by atoms with Gasteiger partial charge in [0.1, 0.15) is 5.76 Å². The smallest absolute Gasteiger partial charge is 0.338 e. The molecule has 0 atom stereocenters. The van der Waals surface area contributed by atoms with Gasteiger partial charge in [0.2, 0.25) is 0 Å². The Kier molecular flexibility index (Phi) is 3.50. The fourth-order valence-electron chi connectivity index (χ4n) is 1.72. The van der Waals surface area contributed by atoms with E-state index in [-0.39, 0.29) is 12.2 Å². The van der Waals surface area contributed by atoms with Crippen molar-refractivity contribution in [1.82, 2.24) is 0 Å². The lowest BCUT2D eigenvalue weighted by Crippen LogP contribution is -2.18. The normalized spacial score (nSPS) is 10.5. The number of hydrogen-bond acceptors (Lipinski definition) is 3. The first kappa shape index (κ1) is 13.1. The zero-order valence-electron chi connectivity index (χ0n) is 10.1. The van der Waals surface area contributed by atoms with E-state index in [0.29, 0.717) is 5.76 Å². The van der Waals surface area contributed by atoms with Crippen LogP contribution < -0.4 is 4.90 Å². The molecule has 0 spiro atoms. The molecule has 0 fully saturated rings. The van der Waals surface area contributed by atoms with Gasteiger partial charge < -0.3 is 14.4 Å². The predicted octanol–water partition coefficient (Wildman–Crippen LogP) is 2.89. The Hall–Kier alpha value is -2.37.